The smallest absolute Gasteiger partial charge is 0.236 e. The summed E-state index contributed by atoms with van der Waals surface area (Å²) >= 11 is 3.39. The van der Waals surface area contributed by atoms with Crippen molar-refractivity contribution in [3.63, 3.8) is 0 Å². The van der Waals surface area contributed by atoms with Gasteiger partial charge >= 0.3 is 0 Å². The van der Waals surface area contributed by atoms with Crippen LogP contribution in [0.3, 0.4) is 0 Å². The highest BCUT2D eigenvalue weighted by Gasteiger charge is 2.21. The van der Waals surface area contributed by atoms with Crippen LogP contribution >= 0.6 is 15.9 Å². The van der Waals surface area contributed by atoms with Crippen LogP contribution in [-0.2, 0) is 4.79 Å². The second-order valence-corrected chi connectivity index (χ2v) is 4.37. The number of piperidine rings is 1. The molecule has 3 heteroatoms. The van der Waals surface area contributed by atoms with Gasteiger partial charge in [0.25, 0.3) is 0 Å². The summed E-state index contributed by atoms with van der Waals surface area (Å²) in [5, 5.41) is 0. The molecule has 1 aliphatic heterocycles. The SMILES string of the molecule is CC[C@@H](Br)C(=O)N1CCCCC1. The summed E-state index contributed by atoms with van der Waals surface area (Å²) < 4.78 is 0. The van der Waals surface area contributed by atoms with E-state index in [2.05, 4.69) is 15.9 Å². The summed E-state index contributed by atoms with van der Waals surface area (Å²) in [6.07, 6.45) is 4.52. The zero-order valence-electron chi connectivity index (χ0n) is 7.55. The number of nitrogens with zero attached hydrogens (tertiary/aromatic N) is 1. The van der Waals surface area contributed by atoms with Gasteiger partial charge in [0, 0.05) is 13.1 Å². The average Bonchev–Trinajstić information content (AvgIpc) is 2.17. The first-order valence-electron chi connectivity index (χ1n) is 4.68. The van der Waals surface area contributed by atoms with Crippen molar-refractivity contribution in [1.82, 2.24) is 4.90 Å². The van der Waals surface area contributed by atoms with E-state index < -0.39 is 0 Å². The Morgan fingerprint density at radius 1 is 1.42 bits per heavy atom. The Balaban J connectivity index is 2.39. The number of amides is 1. The topological polar surface area (TPSA) is 20.3 Å². The second-order valence-electron chi connectivity index (χ2n) is 3.26. The van der Waals surface area contributed by atoms with Gasteiger partial charge in [-0.05, 0) is 25.7 Å². The minimum absolute atomic E-state index is 0.0376. The maximum absolute atomic E-state index is 11.6. The molecule has 1 heterocycles. The second kappa shape index (κ2) is 4.85. The van der Waals surface area contributed by atoms with Crippen molar-refractivity contribution < 1.29 is 4.79 Å². The molecule has 1 atom stereocenters. The Hall–Kier alpha value is -0.0500. The molecule has 1 amide bonds. The number of likely N-dealkylation sites (tertiary alicyclic amines) is 1. The lowest BCUT2D eigenvalue weighted by Gasteiger charge is -2.28. The molecule has 0 spiro atoms. The van der Waals surface area contributed by atoms with E-state index in [0.29, 0.717) is 0 Å². The number of carbonyl (C=O) groups is 1. The summed E-state index contributed by atoms with van der Waals surface area (Å²) in [6.45, 7) is 3.95. The quantitative estimate of drug-likeness (QED) is 0.670. The fourth-order valence-corrected chi connectivity index (χ4v) is 1.78. The summed E-state index contributed by atoms with van der Waals surface area (Å²) in [6, 6.07) is 0. The first-order valence-corrected chi connectivity index (χ1v) is 5.60. The molecule has 1 fully saturated rings. The van der Waals surface area contributed by atoms with Crippen molar-refractivity contribution in [3.8, 4) is 0 Å². The molecule has 0 radical (unpaired) electrons. The number of hydrogen-bond acceptors (Lipinski definition) is 1. The minimum Gasteiger partial charge on any atom is -0.342 e. The van der Waals surface area contributed by atoms with E-state index in [1.807, 2.05) is 11.8 Å². The Morgan fingerprint density at radius 2 is 2.00 bits per heavy atom. The molecule has 12 heavy (non-hydrogen) atoms. The number of alkyl halides is 1. The van der Waals surface area contributed by atoms with E-state index in [0.717, 1.165) is 19.5 Å². The predicted octanol–water partition coefficient (Wildman–Crippen LogP) is 2.17. The van der Waals surface area contributed by atoms with Crippen molar-refractivity contribution in [2.75, 3.05) is 13.1 Å². The van der Waals surface area contributed by atoms with Crippen LogP contribution < -0.4 is 0 Å². The van der Waals surface area contributed by atoms with E-state index in [1.54, 1.807) is 0 Å². The molecule has 0 saturated carbocycles. The van der Waals surface area contributed by atoms with Gasteiger partial charge < -0.3 is 4.90 Å². The predicted molar refractivity (Wildman–Crippen MR) is 53.4 cm³/mol. The maximum Gasteiger partial charge on any atom is 0.236 e. The molecule has 0 aromatic carbocycles. The van der Waals surface area contributed by atoms with E-state index in [-0.39, 0.29) is 10.7 Å². The van der Waals surface area contributed by atoms with Gasteiger partial charge in [0.2, 0.25) is 5.91 Å². The molecule has 0 unspecified atom stereocenters. The Kier molecular flexibility index (Phi) is 4.06. The highest BCUT2D eigenvalue weighted by molar-refractivity contribution is 9.10. The average molecular weight is 234 g/mol. The molecular formula is C9H16BrNO. The van der Waals surface area contributed by atoms with Crippen LogP contribution in [0.5, 0.6) is 0 Å². The first-order chi connectivity index (χ1) is 5.75. The zero-order valence-corrected chi connectivity index (χ0v) is 9.14. The molecule has 1 aliphatic rings. The molecule has 0 aliphatic carbocycles. The van der Waals surface area contributed by atoms with Crippen LogP contribution in [0, 0.1) is 0 Å². The normalized spacial score (nSPS) is 20.7. The van der Waals surface area contributed by atoms with Gasteiger partial charge in [-0.1, -0.05) is 22.9 Å². The zero-order chi connectivity index (χ0) is 8.97. The molecule has 0 aromatic heterocycles. The molecule has 1 rings (SSSR count). The van der Waals surface area contributed by atoms with Crippen molar-refractivity contribution in [1.29, 1.82) is 0 Å². The molecule has 0 aromatic rings. The third-order valence-corrected chi connectivity index (χ3v) is 3.33. The van der Waals surface area contributed by atoms with Crippen molar-refractivity contribution >= 4 is 21.8 Å². The van der Waals surface area contributed by atoms with Gasteiger partial charge in [0.05, 0.1) is 4.83 Å². The van der Waals surface area contributed by atoms with Crippen molar-refractivity contribution in [3.05, 3.63) is 0 Å². The molecule has 0 bridgehead atoms. The lowest BCUT2D eigenvalue weighted by Crippen LogP contribution is -2.39. The largest absolute Gasteiger partial charge is 0.342 e. The summed E-state index contributed by atoms with van der Waals surface area (Å²) in [4.78, 5) is 13.6. The molecule has 1 saturated heterocycles. The summed E-state index contributed by atoms with van der Waals surface area (Å²) in [5.41, 5.74) is 0. The van der Waals surface area contributed by atoms with Crippen molar-refractivity contribution in [2.24, 2.45) is 0 Å². The van der Waals surface area contributed by atoms with E-state index in [1.165, 1.54) is 19.3 Å². The maximum atomic E-state index is 11.6. The van der Waals surface area contributed by atoms with Gasteiger partial charge in [0.1, 0.15) is 0 Å². The lowest BCUT2D eigenvalue weighted by molar-refractivity contribution is -0.131. The third kappa shape index (κ3) is 2.47. The van der Waals surface area contributed by atoms with Gasteiger partial charge in [-0.15, -0.1) is 0 Å². The fourth-order valence-electron chi connectivity index (χ4n) is 1.49. The van der Waals surface area contributed by atoms with Crippen molar-refractivity contribution in [2.45, 2.75) is 37.4 Å². The van der Waals surface area contributed by atoms with Crippen LogP contribution in [0.1, 0.15) is 32.6 Å². The Morgan fingerprint density at radius 3 is 2.50 bits per heavy atom. The van der Waals surface area contributed by atoms with E-state index in [9.17, 15) is 4.79 Å². The number of rotatable bonds is 2. The highest BCUT2D eigenvalue weighted by Crippen LogP contribution is 2.14. The molecular weight excluding hydrogens is 218 g/mol. The monoisotopic (exact) mass is 233 g/mol. The summed E-state index contributed by atoms with van der Waals surface area (Å²) in [5.74, 6) is 0.275. The standard InChI is InChI=1S/C9H16BrNO/c1-2-8(10)9(12)11-6-4-3-5-7-11/h8H,2-7H2,1H3/t8-/m1/s1. The number of carbonyl (C=O) groups excluding carboxylic acids is 1. The first kappa shape index (κ1) is 10.0. The molecule has 0 N–H and O–H groups in total. The van der Waals surface area contributed by atoms with Crippen LogP contribution in [-0.4, -0.2) is 28.7 Å². The Labute approximate surface area is 82.4 Å². The highest BCUT2D eigenvalue weighted by atomic mass is 79.9. The summed E-state index contributed by atoms with van der Waals surface area (Å²) in [7, 11) is 0. The molecule has 70 valence electrons. The third-order valence-electron chi connectivity index (χ3n) is 2.29. The van der Waals surface area contributed by atoms with Crippen LogP contribution in [0.25, 0.3) is 0 Å². The lowest BCUT2D eigenvalue weighted by atomic mass is 10.1. The molecule has 2 nitrogen and oxygen atoms in total. The van der Waals surface area contributed by atoms with E-state index in [4.69, 9.17) is 0 Å². The number of hydrogen-bond donors (Lipinski definition) is 0. The van der Waals surface area contributed by atoms with Gasteiger partial charge in [-0.3, -0.25) is 4.79 Å². The van der Waals surface area contributed by atoms with Crippen LogP contribution in [0.15, 0.2) is 0 Å². The van der Waals surface area contributed by atoms with Gasteiger partial charge in [0.15, 0.2) is 0 Å². The van der Waals surface area contributed by atoms with Gasteiger partial charge in [-0.25, -0.2) is 0 Å². The Bertz CT molecular complexity index is 155. The van der Waals surface area contributed by atoms with Crippen LogP contribution in [0.4, 0.5) is 0 Å². The fraction of sp³-hybridized carbons (Fsp3) is 0.889. The van der Waals surface area contributed by atoms with Crippen LogP contribution in [0.2, 0.25) is 0 Å². The van der Waals surface area contributed by atoms with Gasteiger partial charge in [-0.2, -0.15) is 0 Å². The minimum atomic E-state index is 0.0376. The number of halogens is 1. The van der Waals surface area contributed by atoms with E-state index >= 15 is 0 Å².